The molecular weight excluding hydrogens is 358 g/mol. The summed E-state index contributed by atoms with van der Waals surface area (Å²) in [6.45, 7) is 2.84. The van der Waals surface area contributed by atoms with Gasteiger partial charge in [0.25, 0.3) is 0 Å². The first kappa shape index (κ1) is 17.7. The SMILES string of the molecule is O[C@@H]1COCC[C@H]1Nc1ncc(Cl)c(-c2cnc(C3CCNCC3)o2)n1. The topological polar surface area (TPSA) is 105 Å². The maximum atomic E-state index is 10.0. The Bertz CT molecular complexity index is 750. The molecule has 0 radical (unpaired) electrons. The van der Waals surface area contributed by atoms with Crippen molar-refractivity contribution in [2.45, 2.75) is 37.3 Å². The highest BCUT2D eigenvalue weighted by Crippen LogP contribution is 2.31. The number of hydrogen-bond donors (Lipinski definition) is 3. The number of nitrogens with zero attached hydrogens (tertiary/aromatic N) is 3. The van der Waals surface area contributed by atoms with Crippen molar-refractivity contribution in [1.29, 1.82) is 0 Å². The van der Waals surface area contributed by atoms with Crippen LogP contribution in [0.4, 0.5) is 5.95 Å². The van der Waals surface area contributed by atoms with E-state index in [4.69, 9.17) is 20.8 Å². The number of ether oxygens (including phenoxy) is 1. The van der Waals surface area contributed by atoms with Crippen molar-refractivity contribution < 1.29 is 14.3 Å². The van der Waals surface area contributed by atoms with Gasteiger partial charge in [-0.15, -0.1) is 0 Å². The number of nitrogens with one attached hydrogen (secondary N) is 2. The van der Waals surface area contributed by atoms with Crippen LogP contribution in [0.15, 0.2) is 16.8 Å². The molecule has 4 heterocycles. The Morgan fingerprint density at radius 3 is 2.85 bits per heavy atom. The van der Waals surface area contributed by atoms with E-state index in [-0.39, 0.29) is 6.04 Å². The Morgan fingerprint density at radius 2 is 2.04 bits per heavy atom. The lowest BCUT2D eigenvalue weighted by Gasteiger charge is -2.28. The monoisotopic (exact) mass is 379 g/mol. The lowest BCUT2D eigenvalue weighted by molar-refractivity contribution is -0.0136. The Balaban J connectivity index is 1.53. The van der Waals surface area contributed by atoms with Crippen LogP contribution in [0.2, 0.25) is 5.02 Å². The molecule has 0 saturated carbocycles. The summed E-state index contributed by atoms with van der Waals surface area (Å²) in [5.74, 6) is 1.97. The fraction of sp³-hybridized carbons (Fsp3) is 0.588. The fourth-order valence-corrected chi connectivity index (χ4v) is 3.51. The van der Waals surface area contributed by atoms with Crippen LogP contribution < -0.4 is 10.6 Å². The van der Waals surface area contributed by atoms with Gasteiger partial charge in [0, 0.05) is 12.5 Å². The number of anilines is 1. The molecule has 0 amide bonds. The summed E-state index contributed by atoms with van der Waals surface area (Å²) in [5.41, 5.74) is 0.499. The predicted molar refractivity (Wildman–Crippen MR) is 96.2 cm³/mol. The molecule has 140 valence electrons. The second-order valence-corrected chi connectivity index (χ2v) is 7.07. The quantitative estimate of drug-likeness (QED) is 0.738. The lowest BCUT2D eigenvalue weighted by atomic mass is 9.98. The molecule has 9 heteroatoms. The van der Waals surface area contributed by atoms with E-state index in [1.54, 1.807) is 6.20 Å². The number of hydrogen-bond acceptors (Lipinski definition) is 8. The average Bonchev–Trinajstić information content (AvgIpc) is 3.16. The molecule has 3 N–H and O–H groups in total. The molecule has 0 aliphatic carbocycles. The molecular formula is C17H22ClN5O3. The van der Waals surface area contributed by atoms with Crippen molar-refractivity contribution in [3.8, 4) is 11.5 Å². The first-order chi connectivity index (χ1) is 12.7. The van der Waals surface area contributed by atoms with Crippen LogP contribution >= 0.6 is 11.6 Å². The molecule has 2 aromatic rings. The van der Waals surface area contributed by atoms with Crippen molar-refractivity contribution in [3.63, 3.8) is 0 Å². The van der Waals surface area contributed by atoms with E-state index in [2.05, 4.69) is 25.6 Å². The minimum Gasteiger partial charge on any atom is -0.439 e. The molecule has 0 bridgehead atoms. The van der Waals surface area contributed by atoms with Crippen LogP contribution in [0.25, 0.3) is 11.5 Å². The largest absolute Gasteiger partial charge is 0.439 e. The summed E-state index contributed by atoms with van der Waals surface area (Å²) in [7, 11) is 0. The minimum absolute atomic E-state index is 0.155. The smallest absolute Gasteiger partial charge is 0.223 e. The van der Waals surface area contributed by atoms with Gasteiger partial charge in [-0.25, -0.2) is 15.0 Å². The van der Waals surface area contributed by atoms with Crippen molar-refractivity contribution in [1.82, 2.24) is 20.3 Å². The van der Waals surface area contributed by atoms with Gasteiger partial charge in [-0.1, -0.05) is 11.6 Å². The number of oxazole rings is 1. The number of aliphatic hydroxyl groups is 1. The van der Waals surface area contributed by atoms with Gasteiger partial charge in [0.15, 0.2) is 11.7 Å². The van der Waals surface area contributed by atoms with Gasteiger partial charge in [0.2, 0.25) is 5.95 Å². The van der Waals surface area contributed by atoms with Gasteiger partial charge in [0.05, 0.1) is 36.2 Å². The van der Waals surface area contributed by atoms with Gasteiger partial charge in [-0.2, -0.15) is 0 Å². The highest BCUT2D eigenvalue weighted by atomic mass is 35.5. The molecule has 0 spiro atoms. The van der Waals surface area contributed by atoms with E-state index in [0.29, 0.717) is 48.0 Å². The molecule has 0 aromatic carbocycles. The predicted octanol–water partition coefficient (Wildman–Crippen LogP) is 1.81. The number of rotatable bonds is 4. The second kappa shape index (κ2) is 7.87. The number of aromatic nitrogens is 3. The van der Waals surface area contributed by atoms with Crippen molar-refractivity contribution in [3.05, 3.63) is 23.3 Å². The van der Waals surface area contributed by atoms with Crippen LogP contribution in [0, 0.1) is 0 Å². The van der Waals surface area contributed by atoms with Crippen molar-refractivity contribution in [2.24, 2.45) is 0 Å². The van der Waals surface area contributed by atoms with Crippen LogP contribution in [-0.2, 0) is 4.74 Å². The number of aliphatic hydroxyl groups excluding tert-OH is 1. The molecule has 8 nitrogen and oxygen atoms in total. The lowest BCUT2D eigenvalue weighted by Crippen LogP contribution is -2.42. The Morgan fingerprint density at radius 1 is 1.19 bits per heavy atom. The van der Waals surface area contributed by atoms with Crippen LogP contribution in [0.5, 0.6) is 0 Å². The van der Waals surface area contributed by atoms with Crippen LogP contribution in [-0.4, -0.2) is 58.5 Å². The summed E-state index contributed by atoms with van der Waals surface area (Å²) in [6, 6.07) is -0.155. The highest BCUT2D eigenvalue weighted by molar-refractivity contribution is 6.32. The standard InChI is InChI=1S/C17H22ClN5O3/c18-11-7-21-17(22-12-3-6-25-9-13(12)24)23-15(11)14-8-20-16(26-14)10-1-4-19-5-2-10/h7-8,10,12-13,19,24H,1-6,9H2,(H,21,22,23)/t12-,13-/m1/s1. The summed E-state index contributed by atoms with van der Waals surface area (Å²) < 4.78 is 11.2. The first-order valence-corrected chi connectivity index (χ1v) is 9.30. The zero-order chi connectivity index (χ0) is 17.9. The van der Waals surface area contributed by atoms with Crippen LogP contribution in [0.1, 0.15) is 31.1 Å². The normalized spacial score (nSPS) is 24.5. The van der Waals surface area contributed by atoms with E-state index in [1.807, 2.05) is 0 Å². The summed E-state index contributed by atoms with van der Waals surface area (Å²) in [4.78, 5) is 13.1. The number of halogens is 1. The summed E-state index contributed by atoms with van der Waals surface area (Å²) in [5, 5.41) is 16.9. The fourth-order valence-electron chi connectivity index (χ4n) is 3.32. The van der Waals surface area contributed by atoms with Crippen LogP contribution in [0.3, 0.4) is 0 Å². The second-order valence-electron chi connectivity index (χ2n) is 6.66. The van der Waals surface area contributed by atoms with E-state index in [9.17, 15) is 5.11 Å². The van der Waals surface area contributed by atoms with E-state index in [1.165, 1.54) is 6.20 Å². The molecule has 2 fully saturated rings. The third-order valence-corrected chi connectivity index (χ3v) is 5.11. The van der Waals surface area contributed by atoms with Gasteiger partial charge in [-0.3, -0.25) is 0 Å². The zero-order valence-corrected chi connectivity index (χ0v) is 15.1. The average molecular weight is 380 g/mol. The van der Waals surface area contributed by atoms with E-state index in [0.717, 1.165) is 31.8 Å². The number of piperidine rings is 1. The van der Waals surface area contributed by atoms with E-state index >= 15 is 0 Å². The Hall–Kier alpha value is -1.74. The molecule has 4 rings (SSSR count). The Kier molecular flexibility index (Phi) is 5.35. The van der Waals surface area contributed by atoms with Gasteiger partial charge in [0.1, 0.15) is 5.69 Å². The molecule has 26 heavy (non-hydrogen) atoms. The van der Waals surface area contributed by atoms with Crippen molar-refractivity contribution in [2.75, 3.05) is 31.6 Å². The third-order valence-electron chi connectivity index (χ3n) is 4.83. The maximum absolute atomic E-state index is 10.0. The summed E-state index contributed by atoms with van der Waals surface area (Å²) in [6.07, 6.45) is 5.30. The molecule has 2 aromatic heterocycles. The molecule has 2 aliphatic heterocycles. The maximum Gasteiger partial charge on any atom is 0.223 e. The highest BCUT2D eigenvalue weighted by Gasteiger charge is 2.25. The molecule has 2 aliphatic rings. The van der Waals surface area contributed by atoms with Crippen molar-refractivity contribution >= 4 is 17.5 Å². The molecule has 0 unspecified atom stereocenters. The third kappa shape index (κ3) is 3.83. The summed E-state index contributed by atoms with van der Waals surface area (Å²) >= 11 is 6.28. The van der Waals surface area contributed by atoms with Gasteiger partial charge < -0.3 is 24.9 Å². The zero-order valence-electron chi connectivity index (χ0n) is 14.3. The molecule has 2 atom stereocenters. The minimum atomic E-state index is -0.594. The molecule has 2 saturated heterocycles. The Labute approximate surface area is 156 Å². The first-order valence-electron chi connectivity index (χ1n) is 8.92. The van der Waals surface area contributed by atoms with Gasteiger partial charge in [-0.05, 0) is 32.4 Å². The van der Waals surface area contributed by atoms with Gasteiger partial charge >= 0.3 is 0 Å². The van der Waals surface area contributed by atoms with E-state index < -0.39 is 6.10 Å².